The van der Waals surface area contributed by atoms with Crippen molar-refractivity contribution in [1.29, 1.82) is 0 Å². The number of carbonyl (C=O) groups excluding carboxylic acids is 1. The van der Waals surface area contributed by atoms with E-state index in [2.05, 4.69) is 16.6 Å². The zero-order valence-corrected chi connectivity index (χ0v) is 6.98. The molecule has 1 heterocycles. The predicted octanol–water partition coefficient (Wildman–Crippen LogP) is 1.31. The number of ether oxygens (including phenoxy) is 1. The highest BCUT2D eigenvalue weighted by atomic mass is 32.1. The lowest BCUT2D eigenvalue weighted by Crippen LogP contribution is -1.98. The van der Waals surface area contributed by atoms with E-state index in [0.29, 0.717) is 11.4 Å². The van der Waals surface area contributed by atoms with Gasteiger partial charge in [0, 0.05) is 11.1 Å². The van der Waals surface area contributed by atoms with Gasteiger partial charge in [-0.3, -0.25) is 0 Å². The zero-order chi connectivity index (χ0) is 8.27. The van der Waals surface area contributed by atoms with Crippen molar-refractivity contribution in [2.45, 2.75) is 6.42 Å². The number of thiazole rings is 1. The molecule has 3 nitrogen and oxygen atoms in total. The fourth-order valence-corrected chi connectivity index (χ4v) is 1.33. The predicted molar refractivity (Wildman–Crippen MR) is 42.5 cm³/mol. The summed E-state index contributed by atoms with van der Waals surface area (Å²) in [6, 6.07) is 0. The Labute approximate surface area is 69.0 Å². The van der Waals surface area contributed by atoms with Gasteiger partial charge in [-0.05, 0) is 13.3 Å². The van der Waals surface area contributed by atoms with Crippen molar-refractivity contribution in [2.75, 3.05) is 7.11 Å². The SMILES string of the molecule is [CH2]Cc1cnc(C(=O)OC)s1. The second-order valence-corrected chi connectivity index (χ2v) is 2.99. The number of methoxy groups -OCH3 is 1. The van der Waals surface area contributed by atoms with E-state index in [0.717, 1.165) is 4.88 Å². The Kier molecular flexibility index (Phi) is 2.59. The molecule has 0 unspecified atom stereocenters. The first-order valence-corrected chi connectivity index (χ1v) is 3.92. The molecule has 1 radical (unpaired) electrons. The average molecular weight is 170 g/mol. The molecule has 59 valence electrons. The van der Waals surface area contributed by atoms with Crippen LogP contribution in [0.25, 0.3) is 0 Å². The standard InChI is InChI=1S/C7H8NO2S/c1-3-5-4-8-6(11-5)7(9)10-2/h4H,1,3H2,2H3. The molecule has 0 amide bonds. The van der Waals surface area contributed by atoms with Gasteiger partial charge in [-0.15, -0.1) is 11.3 Å². The minimum Gasteiger partial charge on any atom is -0.464 e. The lowest BCUT2D eigenvalue weighted by Gasteiger charge is -1.89. The summed E-state index contributed by atoms with van der Waals surface area (Å²) in [5.41, 5.74) is 0. The van der Waals surface area contributed by atoms with Crippen molar-refractivity contribution < 1.29 is 9.53 Å². The van der Waals surface area contributed by atoms with E-state index in [1.165, 1.54) is 18.4 Å². The van der Waals surface area contributed by atoms with E-state index in [9.17, 15) is 4.79 Å². The molecular formula is C7H8NO2S. The quantitative estimate of drug-likeness (QED) is 0.628. The number of esters is 1. The number of aromatic nitrogens is 1. The van der Waals surface area contributed by atoms with Crippen molar-refractivity contribution in [2.24, 2.45) is 0 Å². The third-order valence-corrected chi connectivity index (χ3v) is 2.20. The van der Waals surface area contributed by atoms with Crippen molar-refractivity contribution in [3.05, 3.63) is 23.0 Å². The molecule has 0 aliphatic heterocycles. The molecule has 0 saturated carbocycles. The van der Waals surface area contributed by atoms with Crippen LogP contribution >= 0.6 is 11.3 Å². The summed E-state index contributed by atoms with van der Waals surface area (Å²) in [6.07, 6.45) is 2.30. The van der Waals surface area contributed by atoms with E-state index in [4.69, 9.17) is 0 Å². The highest BCUT2D eigenvalue weighted by Gasteiger charge is 2.09. The first-order valence-electron chi connectivity index (χ1n) is 3.10. The molecule has 1 aromatic heterocycles. The van der Waals surface area contributed by atoms with Gasteiger partial charge in [-0.1, -0.05) is 0 Å². The van der Waals surface area contributed by atoms with Gasteiger partial charge in [0.15, 0.2) is 0 Å². The molecule has 0 fully saturated rings. The summed E-state index contributed by atoms with van der Waals surface area (Å²) >= 11 is 1.32. The lowest BCUT2D eigenvalue weighted by atomic mass is 10.4. The van der Waals surface area contributed by atoms with Crippen LogP contribution in [0.15, 0.2) is 6.20 Å². The van der Waals surface area contributed by atoms with Gasteiger partial charge in [0.25, 0.3) is 0 Å². The Hall–Kier alpha value is -0.900. The number of rotatable bonds is 2. The fourth-order valence-electron chi connectivity index (χ4n) is 0.605. The Morgan fingerprint density at radius 3 is 3.09 bits per heavy atom. The van der Waals surface area contributed by atoms with Gasteiger partial charge >= 0.3 is 5.97 Å². The van der Waals surface area contributed by atoms with Crippen LogP contribution in [-0.2, 0) is 11.2 Å². The smallest absolute Gasteiger partial charge is 0.367 e. The van der Waals surface area contributed by atoms with Gasteiger partial charge in [0.05, 0.1) is 7.11 Å². The average Bonchev–Trinajstić information content (AvgIpc) is 2.50. The molecule has 0 saturated heterocycles. The maximum atomic E-state index is 10.8. The van der Waals surface area contributed by atoms with Crippen LogP contribution in [0.4, 0.5) is 0 Å². The van der Waals surface area contributed by atoms with Crippen LogP contribution in [0.2, 0.25) is 0 Å². The maximum Gasteiger partial charge on any atom is 0.367 e. The van der Waals surface area contributed by atoms with Crippen LogP contribution in [0.5, 0.6) is 0 Å². The summed E-state index contributed by atoms with van der Waals surface area (Å²) in [4.78, 5) is 15.7. The third kappa shape index (κ3) is 1.77. The molecule has 0 aromatic carbocycles. The molecule has 0 bridgehead atoms. The number of hydrogen-bond acceptors (Lipinski definition) is 4. The van der Waals surface area contributed by atoms with E-state index in [-0.39, 0.29) is 5.97 Å². The van der Waals surface area contributed by atoms with Crippen LogP contribution in [0, 0.1) is 6.92 Å². The summed E-state index contributed by atoms with van der Waals surface area (Å²) < 4.78 is 4.48. The summed E-state index contributed by atoms with van der Waals surface area (Å²) in [6.45, 7) is 3.67. The van der Waals surface area contributed by atoms with Crippen LogP contribution in [-0.4, -0.2) is 18.1 Å². The van der Waals surface area contributed by atoms with Gasteiger partial charge in [-0.25, -0.2) is 9.78 Å². The second kappa shape index (κ2) is 3.48. The second-order valence-electron chi connectivity index (χ2n) is 1.87. The largest absolute Gasteiger partial charge is 0.464 e. The zero-order valence-electron chi connectivity index (χ0n) is 6.16. The summed E-state index contributed by atoms with van der Waals surface area (Å²) in [7, 11) is 1.34. The number of carbonyl (C=O) groups is 1. The molecule has 0 spiro atoms. The van der Waals surface area contributed by atoms with E-state index in [1.54, 1.807) is 6.20 Å². The Morgan fingerprint density at radius 1 is 1.91 bits per heavy atom. The third-order valence-electron chi connectivity index (χ3n) is 1.16. The number of hydrogen-bond donors (Lipinski definition) is 0. The Balaban J connectivity index is 2.80. The number of nitrogens with zero attached hydrogens (tertiary/aromatic N) is 1. The molecule has 0 atom stereocenters. The molecule has 11 heavy (non-hydrogen) atoms. The van der Waals surface area contributed by atoms with E-state index >= 15 is 0 Å². The van der Waals surface area contributed by atoms with E-state index in [1.807, 2.05) is 0 Å². The van der Waals surface area contributed by atoms with Crippen molar-refractivity contribution in [1.82, 2.24) is 4.98 Å². The highest BCUT2D eigenvalue weighted by molar-refractivity contribution is 7.13. The van der Waals surface area contributed by atoms with Gasteiger partial charge < -0.3 is 4.74 Å². The first-order chi connectivity index (χ1) is 5.27. The van der Waals surface area contributed by atoms with E-state index < -0.39 is 0 Å². The molecule has 4 heteroatoms. The Bertz CT molecular complexity index is 257. The fraction of sp³-hybridized carbons (Fsp3) is 0.286. The molecule has 0 aliphatic carbocycles. The van der Waals surface area contributed by atoms with Crippen LogP contribution < -0.4 is 0 Å². The van der Waals surface area contributed by atoms with Crippen molar-refractivity contribution in [3.63, 3.8) is 0 Å². The lowest BCUT2D eigenvalue weighted by molar-refractivity contribution is 0.0600. The molecule has 0 N–H and O–H groups in total. The van der Waals surface area contributed by atoms with Crippen LogP contribution in [0.1, 0.15) is 14.7 Å². The monoisotopic (exact) mass is 170 g/mol. The van der Waals surface area contributed by atoms with Gasteiger partial charge in [0.2, 0.25) is 5.01 Å². The summed E-state index contributed by atoms with van der Waals surface area (Å²) in [5, 5.41) is 0.395. The maximum absolute atomic E-state index is 10.8. The topological polar surface area (TPSA) is 39.2 Å². The minimum absolute atomic E-state index is 0.380. The van der Waals surface area contributed by atoms with Gasteiger partial charge in [0.1, 0.15) is 0 Å². The van der Waals surface area contributed by atoms with Crippen molar-refractivity contribution >= 4 is 17.3 Å². The molecule has 1 rings (SSSR count). The molecule has 0 aliphatic rings. The van der Waals surface area contributed by atoms with Crippen molar-refractivity contribution in [3.8, 4) is 0 Å². The first kappa shape index (κ1) is 8.20. The normalized spacial score (nSPS) is 9.64. The minimum atomic E-state index is -0.380. The van der Waals surface area contributed by atoms with Crippen LogP contribution in [0.3, 0.4) is 0 Å². The van der Waals surface area contributed by atoms with Gasteiger partial charge in [-0.2, -0.15) is 0 Å². The Morgan fingerprint density at radius 2 is 2.64 bits per heavy atom. The molecule has 1 aromatic rings. The molecular weight excluding hydrogens is 162 g/mol. The summed E-state index contributed by atoms with van der Waals surface area (Å²) in [5.74, 6) is -0.380. The highest BCUT2D eigenvalue weighted by Crippen LogP contribution is 2.13.